The van der Waals surface area contributed by atoms with Crippen LogP contribution in [0.4, 0.5) is 0 Å². The van der Waals surface area contributed by atoms with Crippen LogP contribution in [0.25, 0.3) is 11.1 Å². The lowest BCUT2D eigenvalue weighted by Gasteiger charge is -2.42. The summed E-state index contributed by atoms with van der Waals surface area (Å²) in [6.45, 7) is 3.11. The Balaban J connectivity index is 1.67. The number of amides is 2. The quantitative estimate of drug-likeness (QED) is 0.662. The fraction of sp³-hybridized carbons (Fsp3) is 0.296. The molecule has 2 heterocycles. The molecule has 1 aromatic heterocycles. The summed E-state index contributed by atoms with van der Waals surface area (Å²) < 4.78 is 0. The first-order valence-electron chi connectivity index (χ1n) is 11.1. The van der Waals surface area contributed by atoms with Crippen LogP contribution >= 0.6 is 0 Å². The Morgan fingerprint density at radius 3 is 2.56 bits per heavy atom. The molecule has 1 fully saturated rings. The number of nitrogens with one attached hydrogen (secondary N) is 1. The number of hydrogen-bond acceptors (Lipinski definition) is 3. The predicted molar refractivity (Wildman–Crippen MR) is 126 cm³/mol. The highest BCUT2D eigenvalue weighted by molar-refractivity contribution is 5.94. The molecule has 0 spiro atoms. The van der Waals surface area contributed by atoms with Crippen LogP contribution in [0.15, 0.2) is 73.1 Å². The van der Waals surface area contributed by atoms with E-state index in [4.69, 9.17) is 0 Å². The van der Waals surface area contributed by atoms with Gasteiger partial charge in [-0.15, -0.1) is 0 Å². The number of likely N-dealkylation sites (tertiary alicyclic amines) is 1. The lowest BCUT2D eigenvalue weighted by Crippen LogP contribution is -2.54. The average molecular weight is 428 g/mol. The largest absolute Gasteiger partial charge is 0.359 e. The summed E-state index contributed by atoms with van der Waals surface area (Å²) in [6.07, 6.45) is 5.35. The first-order chi connectivity index (χ1) is 15.5. The van der Waals surface area contributed by atoms with E-state index < -0.39 is 5.41 Å². The molecule has 0 bridgehead atoms. The predicted octanol–water partition coefficient (Wildman–Crippen LogP) is 4.27. The Bertz CT molecular complexity index is 1100. The molecular formula is C27H29N3O2. The van der Waals surface area contributed by atoms with E-state index in [0.717, 1.165) is 29.5 Å². The summed E-state index contributed by atoms with van der Waals surface area (Å²) in [4.78, 5) is 32.2. The van der Waals surface area contributed by atoms with Gasteiger partial charge in [-0.3, -0.25) is 14.6 Å². The van der Waals surface area contributed by atoms with Gasteiger partial charge < -0.3 is 10.2 Å². The van der Waals surface area contributed by atoms with Crippen molar-refractivity contribution in [3.05, 3.63) is 89.7 Å². The summed E-state index contributed by atoms with van der Waals surface area (Å²) in [7, 11) is 1.68. The standard InChI is InChI=1S/C27H29N3O2/c1-20-10-12-21(13-11-20)24-9-4-3-7-22(24)17-27(26(32)28-2)14-6-16-30(19-27)25(31)23-8-5-15-29-18-23/h3-5,7-13,15,18H,6,14,16-17,19H2,1-2H3,(H,28,32). The van der Waals surface area contributed by atoms with E-state index in [1.54, 1.807) is 31.6 Å². The number of pyridine rings is 1. The van der Waals surface area contributed by atoms with E-state index in [-0.39, 0.29) is 11.8 Å². The lowest BCUT2D eigenvalue weighted by atomic mass is 9.73. The van der Waals surface area contributed by atoms with E-state index in [0.29, 0.717) is 25.1 Å². The van der Waals surface area contributed by atoms with Gasteiger partial charge in [-0.2, -0.15) is 0 Å². The van der Waals surface area contributed by atoms with Crippen molar-refractivity contribution in [2.24, 2.45) is 5.41 Å². The van der Waals surface area contributed by atoms with E-state index in [1.807, 2.05) is 17.0 Å². The van der Waals surface area contributed by atoms with Crippen LogP contribution in [0.2, 0.25) is 0 Å². The van der Waals surface area contributed by atoms with Crippen LogP contribution in [0.3, 0.4) is 0 Å². The Morgan fingerprint density at radius 1 is 1.06 bits per heavy atom. The van der Waals surface area contributed by atoms with Gasteiger partial charge >= 0.3 is 0 Å². The minimum absolute atomic E-state index is 0.0140. The molecule has 2 amide bonds. The lowest BCUT2D eigenvalue weighted by molar-refractivity contribution is -0.133. The maximum Gasteiger partial charge on any atom is 0.255 e. The van der Waals surface area contributed by atoms with Crippen molar-refractivity contribution in [3.8, 4) is 11.1 Å². The monoisotopic (exact) mass is 427 g/mol. The molecule has 3 aromatic rings. The fourth-order valence-corrected chi connectivity index (χ4v) is 4.71. The van der Waals surface area contributed by atoms with Gasteiger partial charge in [0.25, 0.3) is 5.91 Å². The first-order valence-corrected chi connectivity index (χ1v) is 11.1. The minimum atomic E-state index is -0.675. The number of aryl methyl sites for hydroxylation is 1. The van der Waals surface area contributed by atoms with Crippen molar-refractivity contribution in [2.45, 2.75) is 26.2 Å². The molecule has 5 heteroatoms. The van der Waals surface area contributed by atoms with Gasteiger partial charge in [0, 0.05) is 32.5 Å². The number of piperidine rings is 1. The molecule has 1 N–H and O–H groups in total. The minimum Gasteiger partial charge on any atom is -0.359 e. The van der Waals surface area contributed by atoms with Gasteiger partial charge in [0.15, 0.2) is 0 Å². The molecule has 1 aliphatic rings. The normalized spacial score (nSPS) is 18.2. The molecule has 0 aliphatic carbocycles. The summed E-state index contributed by atoms with van der Waals surface area (Å²) in [5, 5.41) is 2.87. The second-order valence-electron chi connectivity index (χ2n) is 8.63. The third-order valence-electron chi connectivity index (χ3n) is 6.39. The summed E-state index contributed by atoms with van der Waals surface area (Å²) in [5.41, 5.74) is 4.48. The van der Waals surface area contributed by atoms with Crippen LogP contribution < -0.4 is 5.32 Å². The van der Waals surface area contributed by atoms with Crippen LogP contribution in [-0.2, 0) is 11.2 Å². The summed E-state index contributed by atoms with van der Waals surface area (Å²) >= 11 is 0. The molecule has 0 saturated carbocycles. The average Bonchev–Trinajstić information content (AvgIpc) is 2.84. The van der Waals surface area contributed by atoms with Crippen molar-refractivity contribution in [2.75, 3.05) is 20.1 Å². The van der Waals surface area contributed by atoms with Gasteiger partial charge in [0.1, 0.15) is 0 Å². The fourth-order valence-electron chi connectivity index (χ4n) is 4.71. The van der Waals surface area contributed by atoms with E-state index >= 15 is 0 Å². The highest BCUT2D eigenvalue weighted by Gasteiger charge is 2.43. The molecule has 1 unspecified atom stereocenters. The molecule has 2 aromatic carbocycles. The Labute approximate surface area is 189 Å². The van der Waals surface area contributed by atoms with Crippen molar-refractivity contribution in [1.82, 2.24) is 15.2 Å². The molecule has 5 nitrogen and oxygen atoms in total. The van der Waals surface area contributed by atoms with Crippen LogP contribution in [-0.4, -0.2) is 41.8 Å². The number of carbonyl (C=O) groups is 2. The van der Waals surface area contributed by atoms with E-state index in [9.17, 15) is 9.59 Å². The zero-order valence-corrected chi connectivity index (χ0v) is 18.7. The second kappa shape index (κ2) is 9.35. The molecular weight excluding hydrogens is 398 g/mol. The molecule has 164 valence electrons. The second-order valence-corrected chi connectivity index (χ2v) is 8.63. The number of carbonyl (C=O) groups excluding carboxylic acids is 2. The molecule has 1 saturated heterocycles. The van der Waals surface area contributed by atoms with Gasteiger partial charge in [-0.25, -0.2) is 0 Å². The van der Waals surface area contributed by atoms with Gasteiger partial charge in [0.05, 0.1) is 11.0 Å². The van der Waals surface area contributed by atoms with E-state index in [2.05, 4.69) is 53.6 Å². The van der Waals surface area contributed by atoms with Crippen molar-refractivity contribution >= 4 is 11.8 Å². The Hall–Kier alpha value is -3.47. The zero-order valence-electron chi connectivity index (χ0n) is 18.7. The zero-order chi connectivity index (χ0) is 22.6. The summed E-state index contributed by atoms with van der Waals surface area (Å²) in [6, 6.07) is 20.3. The number of rotatable bonds is 5. The molecule has 32 heavy (non-hydrogen) atoms. The molecule has 4 rings (SSSR count). The number of nitrogens with zero attached hydrogens (tertiary/aromatic N) is 2. The Kier molecular flexibility index (Phi) is 6.35. The SMILES string of the molecule is CNC(=O)C1(Cc2ccccc2-c2ccc(C)cc2)CCCN(C(=O)c2cccnc2)C1. The van der Waals surface area contributed by atoms with Crippen molar-refractivity contribution in [1.29, 1.82) is 0 Å². The van der Waals surface area contributed by atoms with Crippen LogP contribution in [0, 0.1) is 12.3 Å². The molecule has 0 radical (unpaired) electrons. The first kappa shape index (κ1) is 21.8. The third-order valence-corrected chi connectivity index (χ3v) is 6.39. The topological polar surface area (TPSA) is 62.3 Å². The van der Waals surface area contributed by atoms with Crippen molar-refractivity contribution in [3.63, 3.8) is 0 Å². The highest BCUT2D eigenvalue weighted by Crippen LogP contribution is 2.37. The summed E-state index contributed by atoms with van der Waals surface area (Å²) in [5.74, 6) is -0.0854. The smallest absolute Gasteiger partial charge is 0.255 e. The third kappa shape index (κ3) is 4.42. The Morgan fingerprint density at radius 2 is 1.84 bits per heavy atom. The van der Waals surface area contributed by atoms with Crippen LogP contribution in [0.5, 0.6) is 0 Å². The van der Waals surface area contributed by atoms with Gasteiger partial charge in [0.2, 0.25) is 5.91 Å². The molecule has 1 aliphatic heterocycles. The van der Waals surface area contributed by atoms with Crippen molar-refractivity contribution < 1.29 is 9.59 Å². The van der Waals surface area contributed by atoms with Crippen LogP contribution in [0.1, 0.15) is 34.3 Å². The van der Waals surface area contributed by atoms with E-state index in [1.165, 1.54) is 5.56 Å². The molecule has 1 atom stereocenters. The highest BCUT2D eigenvalue weighted by atomic mass is 16.2. The number of hydrogen-bond donors (Lipinski definition) is 1. The maximum absolute atomic E-state index is 13.2. The van der Waals surface area contributed by atoms with Gasteiger partial charge in [-0.1, -0.05) is 54.1 Å². The number of aromatic nitrogens is 1. The maximum atomic E-state index is 13.2. The van der Waals surface area contributed by atoms with Gasteiger partial charge in [-0.05, 0) is 55.0 Å². The number of benzene rings is 2.